The zero-order chi connectivity index (χ0) is 13.9. The minimum absolute atomic E-state index is 0.0700. The molecule has 1 aromatic carbocycles. The number of hydrogen-bond donors (Lipinski definition) is 1. The van der Waals surface area contributed by atoms with E-state index in [4.69, 9.17) is 9.84 Å². The van der Waals surface area contributed by atoms with Crippen LogP contribution in [-0.2, 0) is 4.79 Å². The molecule has 0 amide bonds. The maximum absolute atomic E-state index is 10.9. The molecular formula is C14H21NO3. The van der Waals surface area contributed by atoms with Crippen molar-refractivity contribution in [1.82, 2.24) is 0 Å². The normalized spacial score (nSPS) is 11.2. The number of aliphatic carboxylic acids is 1. The van der Waals surface area contributed by atoms with E-state index in [1.807, 2.05) is 50.9 Å². The van der Waals surface area contributed by atoms with Crippen molar-refractivity contribution in [3.63, 3.8) is 0 Å². The number of anilines is 1. The molecule has 0 aliphatic carbocycles. The summed E-state index contributed by atoms with van der Waals surface area (Å²) < 4.78 is 5.33. The van der Waals surface area contributed by atoms with Crippen LogP contribution in [0.3, 0.4) is 0 Å². The maximum Gasteiger partial charge on any atom is 0.305 e. The number of nitrogens with zero attached hydrogens (tertiary/aromatic N) is 1. The van der Waals surface area contributed by atoms with Gasteiger partial charge in [-0.15, -0.1) is 0 Å². The van der Waals surface area contributed by atoms with Crippen molar-refractivity contribution >= 4 is 11.7 Å². The van der Waals surface area contributed by atoms with Gasteiger partial charge in [0.2, 0.25) is 0 Å². The fraction of sp³-hybridized carbons (Fsp3) is 0.500. The van der Waals surface area contributed by atoms with Crippen molar-refractivity contribution in [3.05, 3.63) is 23.8 Å². The van der Waals surface area contributed by atoms with E-state index in [2.05, 4.69) is 0 Å². The summed E-state index contributed by atoms with van der Waals surface area (Å²) in [5.41, 5.74) is 1.54. The Kier molecular flexibility index (Phi) is 4.22. The molecular weight excluding hydrogens is 230 g/mol. The first-order valence-corrected chi connectivity index (χ1v) is 5.88. The molecule has 0 fully saturated rings. The van der Waals surface area contributed by atoms with Crippen molar-refractivity contribution in [2.45, 2.75) is 32.7 Å². The lowest BCUT2D eigenvalue weighted by atomic mass is 9.97. The zero-order valence-electron chi connectivity index (χ0n) is 11.7. The lowest BCUT2D eigenvalue weighted by molar-refractivity contribution is -0.138. The third-order valence-corrected chi connectivity index (χ3v) is 3.19. The summed E-state index contributed by atoms with van der Waals surface area (Å²) in [6.45, 7) is 5.81. The van der Waals surface area contributed by atoms with Crippen molar-refractivity contribution in [3.8, 4) is 5.75 Å². The molecule has 0 aliphatic rings. The monoisotopic (exact) mass is 251 g/mol. The van der Waals surface area contributed by atoms with E-state index >= 15 is 0 Å². The Morgan fingerprint density at radius 1 is 1.44 bits per heavy atom. The van der Waals surface area contributed by atoms with Gasteiger partial charge in [0.15, 0.2) is 0 Å². The Morgan fingerprint density at radius 3 is 2.56 bits per heavy atom. The first kappa shape index (κ1) is 14.4. The van der Waals surface area contributed by atoms with Gasteiger partial charge in [-0.1, -0.05) is 6.07 Å². The molecule has 4 heteroatoms. The first-order valence-electron chi connectivity index (χ1n) is 5.88. The van der Waals surface area contributed by atoms with Crippen LogP contribution in [-0.4, -0.2) is 30.8 Å². The second-order valence-corrected chi connectivity index (χ2v) is 5.12. The molecule has 0 saturated carbocycles. The van der Waals surface area contributed by atoms with Gasteiger partial charge in [-0.2, -0.15) is 0 Å². The third kappa shape index (κ3) is 3.15. The van der Waals surface area contributed by atoms with E-state index in [9.17, 15) is 4.79 Å². The number of hydrogen-bond acceptors (Lipinski definition) is 3. The second-order valence-electron chi connectivity index (χ2n) is 5.12. The predicted molar refractivity (Wildman–Crippen MR) is 72.5 cm³/mol. The molecule has 1 rings (SSSR count). The zero-order valence-corrected chi connectivity index (χ0v) is 11.7. The Balaban J connectivity index is 3.12. The molecule has 0 bridgehead atoms. The maximum atomic E-state index is 10.9. The highest BCUT2D eigenvalue weighted by Gasteiger charge is 2.28. The highest BCUT2D eigenvalue weighted by atomic mass is 16.5. The fourth-order valence-electron chi connectivity index (χ4n) is 1.88. The molecule has 18 heavy (non-hydrogen) atoms. The van der Waals surface area contributed by atoms with Crippen LogP contribution >= 0.6 is 0 Å². The van der Waals surface area contributed by atoms with Crippen molar-refractivity contribution in [2.75, 3.05) is 19.1 Å². The van der Waals surface area contributed by atoms with Crippen molar-refractivity contribution in [1.29, 1.82) is 0 Å². The lowest BCUT2D eigenvalue weighted by Gasteiger charge is -2.37. The molecule has 0 aliphatic heterocycles. The van der Waals surface area contributed by atoms with Crippen molar-refractivity contribution < 1.29 is 14.6 Å². The van der Waals surface area contributed by atoms with Gasteiger partial charge in [-0.25, -0.2) is 0 Å². The van der Waals surface area contributed by atoms with E-state index in [1.165, 1.54) is 0 Å². The Labute approximate surface area is 108 Å². The van der Waals surface area contributed by atoms with Gasteiger partial charge in [0, 0.05) is 12.6 Å². The van der Waals surface area contributed by atoms with E-state index in [0.717, 1.165) is 17.0 Å². The topological polar surface area (TPSA) is 49.8 Å². The standard InChI is InChI=1S/C14H21NO3/c1-10-6-7-12(18-5)11(8-10)15(4)14(2,3)9-13(16)17/h6-8H,9H2,1-5H3,(H,16,17). The molecule has 0 radical (unpaired) electrons. The van der Waals surface area contributed by atoms with Gasteiger partial charge >= 0.3 is 5.97 Å². The molecule has 0 heterocycles. The number of benzene rings is 1. The Morgan fingerprint density at radius 2 is 2.06 bits per heavy atom. The van der Waals surface area contributed by atoms with Gasteiger partial charge < -0.3 is 14.7 Å². The van der Waals surface area contributed by atoms with Crippen molar-refractivity contribution in [2.24, 2.45) is 0 Å². The smallest absolute Gasteiger partial charge is 0.305 e. The molecule has 0 unspecified atom stereocenters. The van der Waals surface area contributed by atoms with E-state index in [1.54, 1.807) is 7.11 Å². The van der Waals surface area contributed by atoms with E-state index in [0.29, 0.717) is 0 Å². The van der Waals surface area contributed by atoms with Gasteiger partial charge in [-0.3, -0.25) is 4.79 Å². The summed E-state index contributed by atoms with van der Waals surface area (Å²) in [6, 6.07) is 5.88. The third-order valence-electron chi connectivity index (χ3n) is 3.19. The number of carbonyl (C=O) groups is 1. The Bertz CT molecular complexity index is 441. The molecule has 0 aromatic heterocycles. The second kappa shape index (κ2) is 5.29. The largest absolute Gasteiger partial charge is 0.495 e. The van der Waals surface area contributed by atoms with Crippen LogP contribution in [0.15, 0.2) is 18.2 Å². The van der Waals surface area contributed by atoms with Gasteiger partial charge in [0.05, 0.1) is 19.2 Å². The highest BCUT2D eigenvalue weighted by molar-refractivity contribution is 5.70. The summed E-state index contributed by atoms with van der Waals surface area (Å²) in [6.07, 6.45) is 0.0700. The number of aryl methyl sites for hydroxylation is 1. The number of methoxy groups -OCH3 is 1. The summed E-state index contributed by atoms with van der Waals surface area (Å²) in [5, 5.41) is 8.97. The quantitative estimate of drug-likeness (QED) is 0.874. The van der Waals surface area contributed by atoms with Gasteiger partial charge in [0.25, 0.3) is 0 Å². The van der Waals surface area contributed by atoms with Crippen LogP contribution in [0.25, 0.3) is 0 Å². The summed E-state index contributed by atoms with van der Waals surface area (Å²) in [4.78, 5) is 12.9. The average Bonchev–Trinajstić information content (AvgIpc) is 2.26. The molecule has 100 valence electrons. The van der Waals surface area contributed by atoms with Crippen LogP contribution in [0.4, 0.5) is 5.69 Å². The van der Waals surface area contributed by atoms with E-state index in [-0.39, 0.29) is 6.42 Å². The molecule has 0 atom stereocenters. The number of carboxylic acids is 1. The molecule has 0 spiro atoms. The molecule has 1 N–H and O–H groups in total. The lowest BCUT2D eigenvalue weighted by Crippen LogP contribution is -2.43. The van der Waals surface area contributed by atoms with Gasteiger partial charge in [0.1, 0.15) is 5.75 Å². The molecule has 4 nitrogen and oxygen atoms in total. The van der Waals surface area contributed by atoms with E-state index < -0.39 is 11.5 Å². The van der Waals surface area contributed by atoms with Gasteiger partial charge in [-0.05, 0) is 38.5 Å². The average molecular weight is 251 g/mol. The minimum atomic E-state index is -0.807. The predicted octanol–water partition coefficient (Wildman–Crippen LogP) is 2.69. The SMILES string of the molecule is COc1ccc(C)cc1N(C)C(C)(C)CC(=O)O. The van der Waals surface area contributed by atoms with Crippen LogP contribution in [0.5, 0.6) is 5.75 Å². The fourth-order valence-corrected chi connectivity index (χ4v) is 1.88. The number of ether oxygens (including phenoxy) is 1. The Hall–Kier alpha value is -1.71. The first-order chi connectivity index (χ1) is 8.27. The summed E-state index contributed by atoms with van der Waals surface area (Å²) in [7, 11) is 3.51. The highest BCUT2D eigenvalue weighted by Crippen LogP contribution is 2.33. The summed E-state index contributed by atoms with van der Waals surface area (Å²) in [5.74, 6) is -0.0555. The number of carboxylic acid groups (broad SMARTS) is 1. The molecule has 0 saturated heterocycles. The molecule has 1 aromatic rings. The van der Waals surface area contributed by atoms with Crippen LogP contribution in [0, 0.1) is 6.92 Å². The van der Waals surface area contributed by atoms with Crippen LogP contribution < -0.4 is 9.64 Å². The summed E-state index contributed by atoms with van der Waals surface area (Å²) >= 11 is 0. The van der Waals surface area contributed by atoms with Crippen LogP contribution in [0.1, 0.15) is 25.8 Å². The van der Waals surface area contributed by atoms with Crippen LogP contribution in [0.2, 0.25) is 0 Å². The minimum Gasteiger partial charge on any atom is -0.495 e. The number of rotatable bonds is 5.